The lowest BCUT2D eigenvalue weighted by molar-refractivity contribution is -0.237. The van der Waals surface area contributed by atoms with Crippen molar-refractivity contribution in [3.8, 4) is 0 Å². The maximum absolute atomic E-state index is 14.6. The Labute approximate surface area is 323 Å². The van der Waals surface area contributed by atoms with Gasteiger partial charge in [0.25, 0.3) is 0 Å². The molecule has 0 spiro atoms. The molecule has 1 saturated heterocycles. The van der Waals surface area contributed by atoms with E-state index in [9.17, 15) is 24.3 Å². The van der Waals surface area contributed by atoms with E-state index in [1.807, 2.05) is 13.8 Å². The average molecular weight is 753 g/mol. The van der Waals surface area contributed by atoms with Crippen LogP contribution in [0, 0.1) is 51.2 Å². The Morgan fingerprint density at radius 3 is 1.55 bits per heavy atom. The molecule has 8 saturated carbocycles. The number of aliphatic hydroxyl groups is 1. The van der Waals surface area contributed by atoms with Crippen LogP contribution in [0.5, 0.6) is 0 Å². The molecule has 53 heavy (non-hydrogen) atoms. The molecule has 9 fully saturated rings. The molecule has 0 aromatic carbocycles. The van der Waals surface area contributed by atoms with Gasteiger partial charge in [-0.25, -0.2) is 4.79 Å². The molecule has 1 heterocycles. The molecule has 4 unspecified atom stereocenters. The molecule has 0 aromatic heterocycles. The van der Waals surface area contributed by atoms with Crippen molar-refractivity contribution in [1.29, 1.82) is 0 Å². The van der Waals surface area contributed by atoms with Crippen LogP contribution < -0.4 is 0 Å². The smallest absolute Gasteiger partial charge is 0.347 e. The number of esters is 4. The fourth-order valence-electron chi connectivity index (χ4n) is 12.4. The van der Waals surface area contributed by atoms with E-state index in [1.165, 1.54) is 19.3 Å². The molecule has 310 valence electrons. The van der Waals surface area contributed by atoms with Gasteiger partial charge in [0.05, 0.1) is 28.5 Å². The number of carbonyl (C=O) groups is 4. The summed E-state index contributed by atoms with van der Waals surface area (Å²) >= 11 is 0. The van der Waals surface area contributed by atoms with Gasteiger partial charge in [-0.05, 0) is 149 Å². The highest BCUT2D eigenvalue weighted by atomic mass is 16.6. The Bertz CT molecular complexity index is 1310. The molecular weight excluding hydrogens is 672 g/mol. The lowest BCUT2D eigenvalue weighted by atomic mass is 9.45. The van der Waals surface area contributed by atoms with Crippen LogP contribution in [0.4, 0.5) is 0 Å². The van der Waals surface area contributed by atoms with Gasteiger partial charge in [0.1, 0.15) is 11.2 Å². The van der Waals surface area contributed by atoms with Gasteiger partial charge in [-0.1, -0.05) is 44.6 Å². The minimum atomic E-state index is -1.80. The third-order valence-electron chi connectivity index (χ3n) is 15.0. The molecule has 4 atom stereocenters. The van der Waals surface area contributed by atoms with Crippen LogP contribution in [-0.2, 0) is 38.1 Å². The highest BCUT2D eigenvalue weighted by molar-refractivity contribution is 5.95. The van der Waals surface area contributed by atoms with Crippen molar-refractivity contribution in [2.75, 3.05) is 6.61 Å². The summed E-state index contributed by atoms with van der Waals surface area (Å²) in [5.41, 5.74) is -7.49. The van der Waals surface area contributed by atoms with E-state index < -0.39 is 63.0 Å². The summed E-state index contributed by atoms with van der Waals surface area (Å²) in [6, 6.07) is 0. The maximum Gasteiger partial charge on any atom is 0.347 e. The van der Waals surface area contributed by atoms with Crippen LogP contribution in [-0.4, -0.2) is 58.5 Å². The summed E-state index contributed by atoms with van der Waals surface area (Å²) in [7, 11) is 0. The first kappa shape index (κ1) is 48.9. The van der Waals surface area contributed by atoms with Crippen LogP contribution in [0.25, 0.3) is 0 Å². The van der Waals surface area contributed by atoms with E-state index in [1.54, 1.807) is 34.6 Å². The molecular formula is C44H80O9. The van der Waals surface area contributed by atoms with Crippen LogP contribution in [0.2, 0.25) is 0 Å². The molecule has 1 N–H and O–H groups in total. The molecule has 0 radical (unpaired) electrons. The first-order valence-electron chi connectivity index (χ1n) is 18.3. The molecule has 8 bridgehead atoms. The normalized spacial score (nSPS) is 37.0. The summed E-state index contributed by atoms with van der Waals surface area (Å²) in [5, 5.41) is 11.3. The molecule has 1 aliphatic heterocycles. The van der Waals surface area contributed by atoms with Gasteiger partial charge in [0, 0.05) is 18.3 Å². The Morgan fingerprint density at radius 1 is 0.660 bits per heavy atom. The van der Waals surface area contributed by atoms with Crippen molar-refractivity contribution in [2.45, 2.75) is 199 Å². The van der Waals surface area contributed by atoms with E-state index >= 15 is 0 Å². The van der Waals surface area contributed by atoms with Gasteiger partial charge in [-0.15, -0.1) is 0 Å². The zero-order chi connectivity index (χ0) is 34.0. The number of hydrogen-bond acceptors (Lipinski definition) is 9. The average Bonchev–Trinajstić information content (AvgIpc) is 3.33. The zero-order valence-corrected chi connectivity index (χ0v) is 29.6. The topological polar surface area (TPSA) is 125 Å². The number of rotatable bonds is 9. The number of cyclic esters (lactones) is 1. The molecule has 8 aliphatic carbocycles. The molecule has 9 heteroatoms. The fourth-order valence-corrected chi connectivity index (χ4v) is 12.4. The standard InChI is InChI=1S/C38H56O9.6CH4/c1-32(2,29(40)46-34(5,6)36-14-22-10-23(15-36)12-24(11-22)16-36)35(7,31(42)45-27-8-9-44-28(27)39)33(3,4)30(41)47-38-19-25-13-26(20-38)18-37(43,17-25)21-38;;;;;;/h22-27,43H,8-21H2,1-7H3;6*1H4. The monoisotopic (exact) mass is 753 g/mol. The quantitative estimate of drug-likeness (QED) is 0.181. The third-order valence-corrected chi connectivity index (χ3v) is 15.0. The van der Waals surface area contributed by atoms with E-state index in [0.29, 0.717) is 48.9 Å². The lowest BCUT2D eigenvalue weighted by Gasteiger charge is -2.62. The Hall–Kier alpha value is -2.16. The van der Waals surface area contributed by atoms with Crippen molar-refractivity contribution in [1.82, 2.24) is 0 Å². The van der Waals surface area contributed by atoms with Gasteiger partial charge >= 0.3 is 23.9 Å². The summed E-state index contributed by atoms with van der Waals surface area (Å²) < 4.78 is 23.9. The Balaban J connectivity index is 0.00000234. The summed E-state index contributed by atoms with van der Waals surface area (Å²) in [6.07, 6.45) is 10.3. The van der Waals surface area contributed by atoms with Gasteiger partial charge in [-0.3, -0.25) is 14.4 Å². The van der Waals surface area contributed by atoms with E-state index in [2.05, 4.69) is 0 Å². The first-order valence-corrected chi connectivity index (χ1v) is 18.3. The van der Waals surface area contributed by atoms with E-state index in [4.69, 9.17) is 18.9 Å². The minimum absolute atomic E-state index is 0. The summed E-state index contributed by atoms with van der Waals surface area (Å²) in [4.78, 5) is 56.1. The van der Waals surface area contributed by atoms with Crippen molar-refractivity contribution in [2.24, 2.45) is 51.2 Å². The van der Waals surface area contributed by atoms with Gasteiger partial charge in [0.2, 0.25) is 6.10 Å². The highest BCUT2D eigenvalue weighted by Crippen LogP contribution is 2.65. The zero-order valence-electron chi connectivity index (χ0n) is 29.6. The van der Waals surface area contributed by atoms with Crippen LogP contribution in [0.1, 0.15) is 176 Å². The van der Waals surface area contributed by atoms with E-state index in [-0.39, 0.29) is 63.0 Å². The molecule has 0 amide bonds. The van der Waals surface area contributed by atoms with Crippen molar-refractivity contribution in [3.63, 3.8) is 0 Å². The summed E-state index contributed by atoms with van der Waals surface area (Å²) in [6.45, 7) is 12.4. The number of hydrogen-bond donors (Lipinski definition) is 1. The van der Waals surface area contributed by atoms with Crippen LogP contribution >= 0.6 is 0 Å². The van der Waals surface area contributed by atoms with E-state index in [0.717, 1.165) is 38.5 Å². The van der Waals surface area contributed by atoms with Crippen molar-refractivity contribution in [3.05, 3.63) is 0 Å². The molecule has 9 aliphatic rings. The second-order valence-electron chi connectivity index (χ2n) is 19.1. The molecule has 9 nitrogen and oxygen atoms in total. The molecule has 9 rings (SSSR count). The third kappa shape index (κ3) is 7.44. The minimum Gasteiger partial charge on any atom is -0.463 e. The van der Waals surface area contributed by atoms with Crippen molar-refractivity contribution < 1.29 is 43.2 Å². The highest BCUT2D eigenvalue weighted by Gasteiger charge is 2.69. The van der Waals surface area contributed by atoms with Crippen LogP contribution in [0.15, 0.2) is 0 Å². The molecule has 0 aromatic rings. The predicted octanol–water partition coefficient (Wildman–Crippen LogP) is 9.89. The number of carbonyl (C=O) groups excluding carboxylic acids is 4. The first-order chi connectivity index (χ1) is 21.7. The Morgan fingerprint density at radius 2 is 1.11 bits per heavy atom. The second-order valence-corrected chi connectivity index (χ2v) is 19.1. The van der Waals surface area contributed by atoms with Gasteiger partial charge in [0.15, 0.2) is 0 Å². The predicted molar refractivity (Wildman–Crippen MR) is 211 cm³/mol. The van der Waals surface area contributed by atoms with Crippen molar-refractivity contribution >= 4 is 23.9 Å². The van der Waals surface area contributed by atoms with Gasteiger partial charge < -0.3 is 24.1 Å². The fraction of sp³-hybridized carbons (Fsp3) is 0.909. The lowest BCUT2D eigenvalue weighted by Crippen LogP contribution is -2.64. The van der Waals surface area contributed by atoms with Gasteiger partial charge in [-0.2, -0.15) is 0 Å². The largest absolute Gasteiger partial charge is 0.463 e. The Kier molecular flexibility index (Phi) is 14.2. The maximum atomic E-state index is 14.6. The number of ether oxygens (including phenoxy) is 4. The van der Waals surface area contributed by atoms with Crippen LogP contribution in [0.3, 0.4) is 0 Å². The second kappa shape index (κ2) is 15.4. The summed E-state index contributed by atoms with van der Waals surface area (Å²) in [5.74, 6) is -0.0807. The SMILES string of the molecule is C.C.C.C.C.C.CC(C)(OC(=O)C(C)(C)C(C)(C(=O)OC1CCOC1=O)C(C)(C)C(=O)OC12CC3CC(CC(O)(C3)C1)C2)C12CC3CC(CC(C3)C1)C2.